The second-order valence-electron chi connectivity index (χ2n) is 7.41. The second-order valence-corrected chi connectivity index (χ2v) is 7.41. The highest BCUT2D eigenvalue weighted by Gasteiger charge is 2.37. The van der Waals surface area contributed by atoms with Crippen LogP contribution < -0.4 is 0 Å². The molecule has 1 amide bonds. The van der Waals surface area contributed by atoms with Crippen LogP contribution in [0.2, 0.25) is 0 Å². The number of carbonyl (C=O) groups is 2. The molecule has 7 nitrogen and oxygen atoms in total. The monoisotopic (exact) mass is 389 g/mol. The van der Waals surface area contributed by atoms with Crippen LogP contribution >= 0.6 is 0 Å². The van der Waals surface area contributed by atoms with Gasteiger partial charge in [0, 0.05) is 24.9 Å². The smallest absolute Gasteiger partial charge is 0.409 e. The van der Waals surface area contributed by atoms with Crippen molar-refractivity contribution < 1.29 is 19.4 Å². The van der Waals surface area contributed by atoms with E-state index >= 15 is 0 Å². The molecular weight excluding hydrogens is 370 g/mol. The molecule has 29 heavy (non-hydrogen) atoms. The number of H-pyrrole nitrogens is 1. The number of amides is 1. The zero-order valence-corrected chi connectivity index (χ0v) is 15.5. The van der Waals surface area contributed by atoms with Crippen LogP contribution in [-0.2, 0) is 4.74 Å². The quantitative estimate of drug-likeness (QED) is 0.713. The standard InChI is InChI=1S/C22H19N3O4/c26-21(27)18-9-23-24-20(18)13-10-25(11-13)22(28)29-12-19-16-7-3-1-5-14(16)15-6-2-4-8-17(15)19/h1-9,13,19H,10-12H2,(H,23,24)(H,26,27). The highest BCUT2D eigenvalue weighted by atomic mass is 16.6. The lowest BCUT2D eigenvalue weighted by atomic mass is 9.94. The number of carboxylic acid groups (broad SMARTS) is 1. The fourth-order valence-corrected chi connectivity index (χ4v) is 4.27. The van der Waals surface area contributed by atoms with E-state index in [1.807, 2.05) is 24.3 Å². The van der Waals surface area contributed by atoms with Crippen molar-refractivity contribution >= 4 is 12.1 Å². The van der Waals surface area contributed by atoms with E-state index in [4.69, 9.17) is 4.74 Å². The number of aromatic nitrogens is 2. The minimum absolute atomic E-state index is 0.0228. The molecule has 0 saturated carbocycles. The summed E-state index contributed by atoms with van der Waals surface area (Å²) in [5, 5.41) is 15.7. The molecule has 1 fully saturated rings. The number of ether oxygens (including phenoxy) is 1. The van der Waals surface area contributed by atoms with Crippen LogP contribution in [-0.4, -0.2) is 52.0 Å². The van der Waals surface area contributed by atoms with Crippen LogP contribution in [0.25, 0.3) is 11.1 Å². The van der Waals surface area contributed by atoms with Gasteiger partial charge in [-0.1, -0.05) is 48.5 Å². The number of benzene rings is 2. The summed E-state index contributed by atoms with van der Waals surface area (Å²) >= 11 is 0. The van der Waals surface area contributed by atoms with Crippen LogP contribution in [0, 0.1) is 0 Å². The number of aromatic carboxylic acids is 1. The van der Waals surface area contributed by atoms with E-state index in [2.05, 4.69) is 34.5 Å². The topological polar surface area (TPSA) is 95.5 Å². The molecule has 2 aliphatic rings. The average molecular weight is 389 g/mol. The van der Waals surface area contributed by atoms with E-state index < -0.39 is 5.97 Å². The Bertz CT molecular complexity index is 1060. The van der Waals surface area contributed by atoms with Crippen molar-refractivity contribution in [2.45, 2.75) is 11.8 Å². The van der Waals surface area contributed by atoms with E-state index in [0.29, 0.717) is 18.8 Å². The van der Waals surface area contributed by atoms with E-state index in [1.165, 1.54) is 28.5 Å². The SMILES string of the molecule is O=C(O)c1cn[nH]c1C1CN(C(=O)OCC2c3ccccc3-c3ccccc32)C1. The molecule has 3 aromatic rings. The summed E-state index contributed by atoms with van der Waals surface area (Å²) in [6, 6.07) is 16.4. The van der Waals surface area contributed by atoms with E-state index in [0.717, 1.165) is 0 Å². The Hall–Kier alpha value is -3.61. The normalized spacial score (nSPS) is 15.5. The van der Waals surface area contributed by atoms with Crippen molar-refractivity contribution in [2.24, 2.45) is 0 Å². The number of aromatic amines is 1. The van der Waals surface area contributed by atoms with Crippen LogP contribution in [0.15, 0.2) is 54.7 Å². The number of fused-ring (bicyclic) bond motifs is 3. The molecule has 0 bridgehead atoms. The number of carboxylic acids is 1. The molecule has 2 N–H and O–H groups in total. The summed E-state index contributed by atoms with van der Waals surface area (Å²) in [5.41, 5.74) is 5.43. The van der Waals surface area contributed by atoms with Gasteiger partial charge in [-0.3, -0.25) is 5.10 Å². The average Bonchev–Trinajstić information content (AvgIpc) is 3.29. The van der Waals surface area contributed by atoms with Gasteiger partial charge in [0.2, 0.25) is 0 Å². The van der Waals surface area contributed by atoms with Gasteiger partial charge in [-0.2, -0.15) is 5.10 Å². The minimum Gasteiger partial charge on any atom is -0.478 e. The van der Waals surface area contributed by atoms with Crippen LogP contribution in [0.3, 0.4) is 0 Å². The molecule has 0 atom stereocenters. The lowest BCUT2D eigenvalue weighted by Gasteiger charge is -2.38. The summed E-state index contributed by atoms with van der Waals surface area (Å²) in [6.07, 6.45) is 0.924. The van der Waals surface area contributed by atoms with E-state index in [-0.39, 0.29) is 30.1 Å². The van der Waals surface area contributed by atoms with Crippen molar-refractivity contribution in [2.75, 3.05) is 19.7 Å². The van der Waals surface area contributed by atoms with Crippen molar-refractivity contribution in [1.29, 1.82) is 0 Å². The highest BCUT2D eigenvalue weighted by Crippen LogP contribution is 2.44. The van der Waals surface area contributed by atoms with Crippen LogP contribution in [0.5, 0.6) is 0 Å². The number of nitrogens with zero attached hydrogens (tertiary/aromatic N) is 2. The van der Waals surface area contributed by atoms with Crippen molar-refractivity contribution in [3.63, 3.8) is 0 Å². The molecule has 7 heteroatoms. The second kappa shape index (κ2) is 6.77. The molecule has 0 radical (unpaired) electrons. The third-order valence-corrected chi connectivity index (χ3v) is 5.78. The number of nitrogens with one attached hydrogen (secondary N) is 1. The lowest BCUT2D eigenvalue weighted by molar-refractivity contribution is 0.0663. The Morgan fingerprint density at radius 2 is 1.69 bits per heavy atom. The number of hydrogen-bond acceptors (Lipinski definition) is 4. The fourth-order valence-electron chi connectivity index (χ4n) is 4.27. The maximum Gasteiger partial charge on any atom is 0.409 e. The molecule has 1 aliphatic heterocycles. The number of rotatable bonds is 4. The summed E-state index contributed by atoms with van der Waals surface area (Å²) in [5.74, 6) is -1.06. The van der Waals surface area contributed by atoms with Gasteiger partial charge < -0.3 is 14.7 Å². The largest absolute Gasteiger partial charge is 0.478 e. The van der Waals surface area contributed by atoms with Crippen LogP contribution in [0.4, 0.5) is 4.79 Å². The summed E-state index contributed by atoms with van der Waals surface area (Å²) in [6.45, 7) is 1.11. The first-order valence-electron chi connectivity index (χ1n) is 9.50. The number of hydrogen-bond donors (Lipinski definition) is 2. The first-order chi connectivity index (χ1) is 14.1. The minimum atomic E-state index is -1.02. The Kier molecular flexibility index (Phi) is 4.08. The fraction of sp³-hybridized carbons (Fsp3) is 0.227. The maximum absolute atomic E-state index is 12.5. The molecule has 2 heterocycles. The zero-order chi connectivity index (χ0) is 20.0. The first kappa shape index (κ1) is 17.5. The van der Waals surface area contributed by atoms with Gasteiger partial charge in [0.1, 0.15) is 12.2 Å². The first-order valence-corrected chi connectivity index (χ1v) is 9.50. The molecule has 0 unspecified atom stereocenters. The van der Waals surface area contributed by atoms with Crippen molar-refractivity contribution in [3.05, 3.63) is 77.1 Å². The van der Waals surface area contributed by atoms with E-state index in [9.17, 15) is 14.7 Å². The van der Waals surface area contributed by atoms with Gasteiger partial charge in [0.05, 0.1) is 11.9 Å². The molecule has 0 spiro atoms. The third kappa shape index (κ3) is 2.86. The van der Waals surface area contributed by atoms with Crippen LogP contribution in [0.1, 0.15) is 39.0 Å². The molecule has 146 valence electrons. The van der Waals surface area contributed by atoms with Gasteiger partial charge >= 0.3 is 12.1 Å². The number of carbonyl (C=O) groups excluding carboxylic acids is 1. The summed E-state index contributed by atoms with van der Waals surface area (Å²) in [4.78, 5) is 25.3. The Balaban J connectivity index is 1.24. The maximum atomic E-state index is 12.5. The summed E-state index contributed by atoms with van der Waals surface area (Å²) in [7, 11) is 0. The molecule has 2 aromatic carbocycles. The Morgan fingerprint density at radius 1 is 1.07 bits per heavy atom. The van der Waals surface area contributed by atoms with Gasteiger partial charge in [-0.15, -0.1) is 0 Å². The Morgan fingerprint density at radius 3 is 2.31 bits per heavy atom. The van der Waals surface area contributed by atoms with Gasteiger partial charge in [0.15, 0.2) is 0 Å². The van der Waals surface area contributed by atoms with E-state index in [1.54, 1.807) is 4.90 Å². The zero-order valence-electron chi connectivity index (χ0n) is 15.5. The van der Waals surface area contributed by atoms with Gasteiger partial charge in [-0.25, -0.2) is 9.59 Å². The predicted octanol–water partition coefficient (Wildman–Crippen LogP) is 3.46. The van der Waals surface area contributed by atoms with Crippen molar-refractivity contribution in [1.82, 2.24) is 15.1 Å². The van der Waals surface area contributed by atoms with Crippen molar-refractivity contribution in [3.8, 4) is 11.1 Å². The van der Waals surface area contributed by atoms with Gasteiger partial charge in [0.25, 0.3) is 0 Å². The molecule has 1 aliphatic carbocycles. The molecule has 5 rings (SSSR count). The molecule has 1 aromatic heterocycles. The third-order valence-electron chi connectivity index (χ3n) is 5.78. The summed E-state index contributed by atoms with van der Waals surface area (Å²) < 4.78 is 5.63. The molecule has 1 saturated heterocycles. The highest BCUT2D eigenvalue weighted by molar-refractivity contribution is 5.89. The van der Waals surface area contributed by atoms with Gasteiger partial charge in [-0.05, 0) is 22.3 Å². The Labute approximate surface area is 166 Å². The molecular formula is C22H19N3O4. The predicted molar refractivity (Wildman–Crippen MR) is 105 cm³/mol. The number of likely N-dealkylation sites (tertiary alicyclic amines) is 1. The lowest BCUT2D eigenvalue weighted by Crippen LogP contribution is -2.49.